The van der Waals surface area contributed by atoms with E-state index in [4.69, 9.17) is 0 Å². The molecule has 4 heteroatoms. The van der Waals surface area contributed by atoms with Gasteiger partial charge in [0.15, 0.2) is 0 Å². The van der Waals surface area contributed by atoms with Gasteiger partial charge in [-0.1, -0.05) is 73.2 Å². The van der Waals surface area contributed by atoms with Crippen molar-refractivity contribution < 1.29 is 19.0 Å². The molecule has 0 saturated heterocycles. The summed E-state index contributed by atoms with van der Waals surface area (Å²) in [6, 6.07) is 13.8. The predicted molar refractivity (Wildman–Crippen MR) is 146 cm³/mol. The van der Waals surface area contributed by atoms with Crippen LogP contribution in [0.4, 0.5) is 8.78 Å². The molecule has 3 rings (SSSR count). The standard InChI is InChI=1S/2C10H13F.C10H14O2.CH4/c1-7(2)9-4-8(3)5-10(11)6-9;1-7(2)9-4-5-10(11)8(3)6-9;1-6(2)8-4-5-9(11)7(3)10(8)12;/h2*4-7H,1-3H3;4-6,11-12H,1-3H3;1H4. The van der Waals surface area contributed by atoms with Gasteiger partial charge in [-0.05, 0) is 90.6 Å². The van der Waals surface area contributed by atoms with E-state index in [1.54, 1.807) is 38.1 Å². The molecule has 2 N–H and O–H groups in total. The lowest BCUT2D eigenvalue weighted by molar-refractivity contribution is 0.436. The zero-order valence-electron chi connectivity index (χ0n) is 22.0. The van der Waals surface area contributed by atoms with Gasteiger partial charge in [0.05, 0.1) is 0 Å². The van der Waals surface area contributed by atoms with Crippen LogP contribution < -0.4 is 0 Å². The Labute approximate surface area is 211 Å². The molecular weight excluding hydrogens is 442 g/mol. The summed E-state index contributed by atoms with van der Waals surface area (Å²) in [5.41, 5.74) is 5.43. The van der Waals surface area contributed by atoms with Crippen LogP contribution in [0.3, 0.4) is 0 Å². The zero-order valence-corrected chi connectivity index (χ0v) is 22.0. The van der Waals surface area contributed by atoms with Crippen LogP contribution in [0.5, 0.6) is 11.5 Å². The topological polar surface area (TPSA) is 40.5 Å². The number of phenolic OH excluding ortho intramolecular Hbond substituents is 2. The van der Waals surface area contributed by atoms with Crippen molar-refractivity contribution in [3.05, 3.63) is 93.5 Å². The average molecular weight is 487 g/mol. The summed E-state index contributed by atoms with van der Waals surface area (Å²) in [7, 11) is 0. The fourth-order valence-corrected chi connectivity index (χ4v) is 3.30. The number of aromatic hydroxyl groups is 2. The van der Waals surface area contributed by atoms with E-state index in [2.05, 4.69) is 27.7 Å². The summed E-state index contributed by atoms with van der Waals surface area (Å²) in [5, 5.41) is 18.8. The third-order valence-corrected chi connectivity index (χ3v) is 5.64. The van der Waals surface area contributed by atoms with Gasteiger partial charge in [0.25, 0.3) is 0 Å². The molecule has 0 atom stereocenters. The lowest BCUT2D eigenvalue weighted by Gasteiger charge is -2.10. The van der Waals surface area contributed by atoms with Crippen molar-refractivity contribution in [2.75, 3.05) is 0 Å². The van der Waals surface area contributed by atoms with Crippen LogP contribution in [0.15, 0.2) is 48.5 Å². The van der Waals surface area contributed by atoms with Crippen LogP contribution in [-0.2, 0) is 0 Å². The first-order valence-electron chi connectivity index (χ1n) is 11.8. The normalized spacial score (nSPS) is 10.3. The second kappa shape index (κ2) is 14.5. The van der Waals surface area contributed by atoms with Crippen molar-refractivity contribution in [1.29, 1.82) is 0 Å². The van der Waals surface area contributed by atoms with E-state index in [0.717, 1.165) is 22.3 Å². The van der Waals surface area contributed by atoms with E-state index in [9.17, 15) is 19.0 Å². The third-order valence-electron chi connectivity index (χ3n) is 5.64. The summed E-state index contributed by atoms with van der Waals surface area (Å²) >= 11 is 0. The lowest BCUT2D eigenvalue weighted by atomic mass is 9.99. The maximum absolute atomic E-state index is 12.8. The van der Waals surface area contributed by atoms with Gasteiger partial charge in [0.1, 0.15) is 23.1 Å². The number of rotatable bonds is 3. The number of hydrogen-bond donors (Lipinski definition) is 2. The van der Waals surface area contributed by atoms with Gasteiger partial charge in [0, 0.05) is 5.56 Å². The van der Waals surface area contributed by atoms with E-state index >= 15 is 0 Å². The summed E-state index contributed by atoms with van der Waals surface area (Å²) < 4.78 is 25.6. The molecule has 0 bridgehead atoms. The lowest BCUT2D eigenvalue weighted by Crippen LogP contribution is -1.89. The second-order valence-corrected chi connectivity index (χ2v) is 9.68. The van der Waals surface area contributed by atoms with E-state index < -0.39 is 0 Å². The number of hydrogen-bond acceptors (Lipinski definition) is 2. The fraction of sp³-hybridized carbons (Fsp3) is 0.419. The quantitative estimate of drug-likeness (QED) is 0.387. The van der Waals surface area contributed by atoms with Crippen LogP contribution in [-0.4, -0.2) is 10.2 Å². The minimum absolute atomic E-state index is 0. The fourth-order valence-electron chi connectivity index (χ4n) is 3.30. The molecule has 194 valence electrons. The predicted octanol–water partition coefficient (Wildman–Crippen LogP) is 9.68. The summed E-state index contributed by atoms with van der Waals surface area (Å²) in [6.45, 7) is 17.8. The monoisotopic (exact) mass is 486 g/mol. The molecular formula is C31H44F2O2. The van der Waals surface area contributed by atoms with Gasteiger partial charge in [-0.15, -0.1) is 0 Å². The van der Waals surface area contributed by atoms with Crippen molar-refractivity contribution in [2.24, 2.45) is 0 Å². The van der Waals surface area contributed by atoms with E-state index in [1.165, 1.54) is 11.6 Å². The Bertz CT molecular complexity index is 1050. The van der Waals surface area contributed by atoms with Crippen molar-refractivity contribution in [3.63, 3.8) is 0 Å². The molecule has 35 heavy (non-hydrogen) atoms. The molecule has 0 aromatic heterocycles. The van der Waals surface area contributed by atoms with Crippen LogP contribution in [0.2, 0.25) is 0 Å². The Kier molecular flexibility index (Phi) is 13.3. The van der Waals surface area contributed by atoms with Gasteiger partial charge in [0.2, 0.25) is 0 Å². The van der Waals surface area contributed by atoms with Crippen molar-refractivity contribution in [1.82, 2.24) is 0 Å². The first-order chi connectivity index (χ1) is 15.7. The number of aryl methyl sites for hydroxylation is 2. The largest absolute Gasteiger partial charge is 0.508 e. The molecule has 0 spiro atoms. The van der Waals surface area contributed by atoms with Gasteiger partial charge in [-0.2, -0.15) is 0 Å². The van der Waals surface area contributed by atoms with Gasteiger partial charge < -0.3 is 10.2 Å². The summed E-state index contributed by atoms with van der Waals surface area (Å²) in [4.78, 5) is 0. The highest BCUT2D eigenvalue weighted by Crippen LogP contribution is 2.33. The number of benzene rings is 3. The van der Waals surface area contributed by atoms with E-state index in [-0.39, 0.29) is 36.5 Å². The van der Waals surface area contributed by atoms with Crippen LogP contribution >= 0.6 is 0 Å². The van der Waals surface area contributed by atoms with Crippen LogP contribution in [0.25, 0.3) is 0 Å². The molecule has 0 unspecified atom stereocenters. The van der Waals surface area contributed by atoms with Gasteiger partial charge in [-0.3, -0.25) is 0 Å². The van der Waals surface area contributed by atoms with Gasteiger partial charge in [-0.25, -0.2) is 8.78 Å². The number of halogens is 2. The molecule has 0 amide bonds. The highest BCUT2D eigenvalue weighted by molar-refractivity contribution is 5.48. The van der Waals surface area contributed by atoms with Crippen LogP contribution in [0.1, 0.15) is 100 Å². The number of phenols is 2. The average Bonchev–Trinajstić information content (AvgIpc) is 2.74. The molecule has 0 saturated carbocycles. The first kappa shape index (κ1) is 32.1. The van der Waals surface area contributed by atoms with Crippen LogP contribution in [0, 0.1) is 32.4 Å². The zero-order chi connectivity index (χ0) is 26.2. The summed E-state index contributed by atoms with van der Waals surface area (Å²) in [6.07, 6.45) is 0. The van der Waals surface area contributed by atoms with Crippen molar-refractivity contribution in [2.45, 2.75) is 87.5 Å². The molecule has 3 aromatic carbocycles. The Morgan fingerprint density at radius 3 is 1.69 bits per heavy atom. The Morgan fingerprint density at radius 1 is 0.657 bits per heavy atom. The Hall–Kier alpha value is -2.88. The minimum atomic E-state index is -0.131. The smallest absolute Gasteiger partial charge is 0.126 e. The highest BCUT2D eigenvalue weighted by atomic mass is 19.1. The molecule has 3 aromatic rings. The maximum atomic E-state index is 12.8. The maximum Gasteiger partial charge on any atom is 0.126 e. The molecule has 0 heterocycles. The Balaban J connectivity index is 0.000000489. The minimum Gasteiger partial charge on any atom is -0.508 e. The SMILES string of the molecule is C.Cc1c(O)ccc(C(C)C)c1O.Cc1cc(C(C)C)ccc1F.Cc1cc(F)cc(C(C)C)c1. The summed E-state index contributed by atoms with van der Waals surface area (Å²) in [5.74, 6) is 1.29. The molecule has 0 fully saturated rings. The molecule has 2 nitrogen and oxygen atoms in total. The molecule has 0 aliphatic heterocycles. The van der Waals surface area contributed by atoms with Gasteiger partial charge >= 0.3 is 0 Å². The van der Waals surface area contributed by atoms with Crippen molar-refractivity contribution >= 4 is 0 Å². The first-order valence-corrected chi connectivity index (χ1v) is 11.8. The van der Waals surface area contributed by atoms with E-state index in [0.29, 0.717) is 17.4 Å². The molecule has 0 aliphatic carbocycles. The highest BCUT2D eigenvalue weighted by Gasteiger charge is 2.10. The van der Waals surface area contributed by atoms with E-state index in [1.807, 2.05) is 39.0 Å². The Morgan fingerprint density at radius 2 is 1.23 bits per heavy atom. The third kappa shape index (κ3) is 10.1. The molecule has 0 radical (unpaired) electrons. The molecule has 0 aliphatic rings. The van der Waals surface area contributed by atoms with Crippen molar-refractivity contribution in [3.8, 4) is 11.5 Å². The second-order valence-electron chi connectivity index (χ2n) is 9.68.